The monoisotopic (exact) mass is 362 g/mol. The van der Waals surface area contributed by atoms with E-state index >= 15 is 0 Å². The second-order valence-corrected chi connectivity index (χ2v) is 8.58. The van der Waals surface area contributed by atoms with Crippen LogP contribution in [0.2, 0.25) is 0 Å². The van der Waals surface area contributed by atoms with Gasteiger partial charge >= 0.3 is 0 Å². The first-order valence-electron chi connectivity index (χ1n) is 10.9. The van der Waals surface area contributed by atoms with Crippen molar-refractivity contribution >= 4 is 11.4 Å². The van der Waals surface area contributed by atoms with Gasteiger partial charge in [-0.2, -0.15) is 0 Å². The Hall–Kier alpha value is -1.96. The quantitative estimate of drug-likeness (QED) is 0.431. The highest BCUT2D eigenvalue weighted by Gasteiger charge is 2.32. The molecule has 2 nitrogen and oxygen atoms in total. The molecule has 0 aromatic heterocycles. The van der Waals surface area contributed by atoms with Crippen molar-refractivity contribution in [2.45, 2.75) is 83.0 Å². The number of fused-ring (bicyclic) bond motifs is 2. The first-order chi connectivity index (χ1) is 13.3. The van der Waals surface area contributed by atoms with Gasteiger partial charge in [-0.1, -0.05) is 89.0 Å². The Kier molecular flexibility index (Phi) is 5.71. The maximum atomic E-state index is 6.20. The normalized spacial score (nSPS) is 20.0. The van der Waals surface area contributed by atoms with Crippen LogP contribution in [-0.2, 0) is 5.41 Å². The lowest BCUT2D eigenvalue weighted by atomic mass is 9.73. The first kappa shape index (κ1) is 18.4. The van der Waals surface area contributed by atoms with Crippen LogP contribution in [0.5, 0.6) is 11.5 Å². The fourth-order valence-corrected chi connectivity index (χ4v) is 4.74. The summed E-state index contributed by atoms with van der Waals surface area (Å²) < 4.78 is 6.20. The smallest absolute Gasteiger partial charge is 0.153 e. The van der Waals surface area contributed by atoms with Crippen LogP contribution < -0.4 is 10.1 Å². The molecule has 2 aliphatic rings. The summed E-state index contributed by atoms with van der Waals surface area (Å²) in [7, 11) is 0. The molecular weight excluding hydrogens is 330 g/mol. The minimum absolute atomic E-state index is 0.184. The van der Waals surface area contributed by atoms with Gasteiger partial charge in [0.2, 0.25) is 0 Å². The molecule has 1 fully saturated rings. The minimum Gasteiger partial charge on any atom is -0.453 e. The lowest BCUT2D eigenvalue weighted by molar-refractivity contribution is 0.354. The number of rotatable bonds is 1. The molecule has 1 heterocycles. The van der Waals surface area contributed by atoms with Crippen molar-refractivity contribution in [3.8, 4) is 11.5 Å². The molecule has 0 amide bonds. The van der Waals surface area contributed by atoms with Crippen molar-refractivity contribution in [2.24, 2.45) is 0 Å². The van der Waals surface area contributed by atoms with Gasteiger partial charge in [0.1, 0.15) is 11.4 Å². The number of para-hydroxylation sites is 3. The molecule has 4 rings (SSSR count). The van der Waals surface area contributed by atoms with Gasteiger partial charge in [0.25, 0.3) is 0 Å². The Morgan fingerprint density at radius 1 is 0.704 bits per heavy atom. The van der Waals surface area contributed by atoms with Crippen molar-refractivity contribution in [2.75, 3.05) is 0 Å². The molecule has 2 aromatic carbocycles. The molecule has 27 heavy (non-hydrogen) atoms. The molecule has 2 heteroatoms. The molecule has 0 atom stereocenters. The number of hydrogen-bond donors (Lipinski definition) is 0. The van der Waals surface area contributed by atoms with E-state index in [1.165, 1.54) is 76.2 Å². The van der Waals surface area contributed by atoms with E-state index in [2.05, 4.69) is 31.2 Å². The maximum absolute atomic E-state index is 6.20. The average molecular weight is 363 g/mol. The van der Waals surface area contributed by atoms with E-state index in [0.717, 1.165) is 22.9 Å². The molecule has 1 aliphatic carbocycles. The standard InChI is InChI=1S/C25H32NO/c1-25(18-11-7-5-3-2-4-6-8-12-19-25)20-14-13-17-23-24(20)26-21-15-9-10-16-22(21)27-23/h9-10,13-17H,2-8,11-12,18-19H2,1H3. The lowest BCUT2D eigenvalue weighted by Crippen LogP contribution is -2.24. The zero-order valence-corrected chi connectivity index (χ0v) is 16.7. The van der Waals surface area contributed by atoms with Crippen LogP contribution in [0, 0.1) is 0 Å². The minimum atomic E-state index is 0.184. The van der Waals surface area contributed by atoms with Gasteiger partial charge < -0.3 is 4.74 Å². The van der Waals surface area contributed by atoms with Gasteiger partial charge in [0.05, 0.1) is 0 Å². The summed E-state index contributed by atoms with van der Waals surface area (Å²) in [5.41, 5.74) is 3.58. The van der Waals surface area contributed by atoms with Crippen LogP contribution >= 0.6 is 0 Å². The van der Waals surface area contributed by atoms with Crippen LogP contribution in [0.4, 0.5) is 11.4 Å². The van der Waals surface area contributed by atoms with Gasteiger partial charge in [0, 0.05) is 0 Å². The van der Waals surface area contributed by atoms with E-state index in [1.807, 2.05) is 18.2 Å². The van der Waals surface area contributed by atoms with E-state index in [1.54, 1.807) is 0 Å². The summed E-state index contributed by atoms with van der Waals surface area (Å²) in [5.74, 6) is 1.78. The van der Waals surface area contributed by atoms with Crippen LogP contribution in [0.25, 0.3) is 0 Å². The van der Waals surface area contributed by atoms with Gasteiger partial charge in [-0.15, -0.1) is 0 Å². The number of ether oxygens (including phenoxy) is 1. The number of benzene rings is 2. The predicted octanol–water partition coefficient (Wildman–Crippen LogP) is 7.92. The summed E-state index contributed by atoms with van der Waals surface area (Å²) >= 11 is 0. The molecule has 0 bridgehead atoms. The third-order valence-electron chi connectivity index (χ3n) is 6.42. The van der Waals surface area contributed by atoms with Crippen LogP contribution in [0.1, 0.15) is 83.1 Å². The van der Waals surface area contributed by atoms with Crippen LogP contribution in [0.15, 0.2) is 42.5 Å². The largest absolute Gasteiger partial charge is 0.453 e. The second-order valence-electron chi connectivity index (χ2n) is 8.58. The van der Waals surface area contributed by atoms with Crippen molar-refractivity contribution < 1.29 is 4.74 Å². The zero-order valence-electron chi connectivity index (χ0n) is 16.7. The summed E-state index contributed by atoms with van der Waals surface area (Å²) in [4.78, 5) is 0. The Balaban J connectivity index is 1.62. The summed E-state index contributed by atoms with van der Waals surface area (Å²) in [6.07, 6.45) is 14.9. The summed E-state index contributed by atoms with van der Waals surface area (Å²) in [6, 6.07) is 14.6. The first-order valence-corrected chi connectivity index (χ1v) is 10.9. The van der Waals surface area contributed by atoms with E-state index in [9.17, 15) is 0 Å². The molecule has 1 radical (unpaired) electrons. The summed E-state index contributed by atoms with van der Waals surface area (Å²) in [6.45, 7) is 2.46. The molecular formula is C25H32NO. The van der Waals surface area contributed by atoms with Gasteiger partial charge in [0.15, 0.2) is 11.5 Å². The molecule has 143 valence electrons. The molecule has 0 N–H and O–H groups in total. The third kappa shape index (κ3) is 4.15. The topological polar surface area (TPSA) is 23.3 Å². The Morgan fingerprint density at radius 3 is 2.00 bits per heavy atom. The Bertz CT molecular complexity index is 755. The zero-order chi connectivity index (χ0) is 18.5. The molecule has 0 saturated heterocycles. The van der Waals surface area contributed by atoms with Crippen LogP contribution in [-0.4, -0.2) is 0 Å². The van der Waals surface area contributed by atoms with E-state index < -0.39 is 0 Å². The highest BCUT2D eigenvalue weighted by atomic mass is 16.5. The van der Waals surface area contributed by atoms with Crippen molar-refractivity contribution in [1.29, 1.82) is 0 Å². The fourth-order valence-electron chi connectivity index (χ4n) is 4.74. The van der Waals surface area contributed by atoms with E-state index in [0.29, 0.717) is 0 Å². The van der Waals surface area contributed by atoms with Gasteiger partial charge in [-0.05, 0) is 42.0 Å². The molecule has 1 aliphatic heterocycles. The lowest BCUT2D eigenvalue weighted by Gasteiger charge is -2.34. The molecule has 0 spiro atoms. The predicted molar refractivity (Wildman–Crippen MR) is 113 cm³/mol. The average Bonchev–Trinajstić information content (AvgIpc) is 2.68. The van der Waals surface area contributed by atoms with Crippen molar-refractivity contribution in [1.82, 2.24) is 5.32 Å². The highest BCUT2D eigenvalue weighted by molar-refractivity contribution is 5.71. The summed E-state index contributed by atoms with van der Waals surface area (Å²) in [5, 5.41) is 5.03. The van der Waals surface area contributed by atoms with Gasteiger partial charge in [-0.3, -0.25) is 0 Å². The maximum Gasteiger partial charge on any atom is 0.153 e. The SMILES string of the molecule is CC1(c2cccc3c2[N]c2ccccc2O3)CCCCCCCCCCC1. The Morgan fingerprint density at radius 2 is 1.30 bits per heavy atom. The number of hydrogen-bond acceptors (Lipinski definition) is 1. The molecule has 0 unspecified atom stereocenters. The molecule has 1 saturated carbocycles. The van der Waals surface area contributed by atoms with Crippen LogP contribution in [0.3, 0.4) is 0 Å². The second kappa shape index (κ2) is 8.37. The van der Waals surface area contributed by atoms with E-state index in [-0.39, 0.29) is 5.41 Å². The van der Waals surface area contributed by atoms with Gasteiger partial charge in [-0.25, -0.2) is 5.32 Å². The highest BCUT2D eigenvalue weighted by Crippen LogP contribution is 2.49. The molecule has 2 aromatic rings. The fraction of sp³-hybridized carbons (Fsp3) is 0.520. The van der Waals surface area contributed by atoms with Crippen molar-refractivity contribution in [3.05, 3.63) is 48.0 Å². The Labute approximate surface area is 164 Å². The number of nitrogens with zero attached hydrogens (tertiary/aromatic N) is 1. The third-order valence-corrected chi connectivity index (χ3v) is 6.42. The van der Waals surface area contributed by atoms with E-state index in [4.69, 9.17) is 10.1 Å². The van der Waals surface area contributed by atoms with Crippen molar-refractivity contribution in [3.63, 3.8) is 0 Å².